The van der Waals surface area contributed by atoms with Crippen molar-refractivity contribution < 1.29 is 23.6 Å². The fourth-order valence-corrected chi connectivity index (χ4v) is 5.35. The van der Waals surface area contributed by atoms with Gasteiger partial charge in [-0.3, -0.25) is 9.52 Å². The summed E-state index contributed by atoms with van der Waals surface area (Å²) in [5, 5.41) is 8.64. The van der Waals surface area contributed by atoms with Crippen LogP contribution >= 0.6 is 0 Å². The molecular weight excluding hydrogens is 450 g/mol. The van der Waals surface area contributed by atoms with E-state index in [1.54, 1.807) is 0 Å². The quantitative estimate of drug-likeness (QED) is 0.441. The van der Waals surface area contributed by atoms with Gasteiger partial charge in [0.05, 0.1) is 11.9 Å². The summed E-state index contributed by atoms with van der Waals surface area (Å²) in [7, 11) is -1.37. The third kappa shape index (κ3) is 5.66. The largest absolute Gasteiger partial charge is 0.493 e. The molecule has 1 amide bonds. The molecular formula is C27H29NO5S. The van der Waals surface area contributed by atoms with Gasteiger partial charge < -0.3 is 14.6 Å². The molecule has 34 heavy (non-hydrogen) atoms. The molecule has 0 aliphatic carbocycles. The van der Waals surface area contributed by atoms with Crippen LogP contribution in [-0.4, -0.2) is 28.4 Å². The topological polar surface area (TPSA) is 84.9 Å². The lowest BCUT2D eigenvalue weighted by Gasteiger charge is -2.15. The first-order chi connectivity index (χ1) is 16.4. The van der Waals surface area contributed by atoms with Crippen molar-refractivity contribution in [2.24, 2.45) is 0 Å². The molecule has 3 aromatic rings. The highest BCUT2D eigenvalue weighted by Gasteiger charge is 2.30. The second-order valence-corrected chi connectivity index (χ2v) is 9.80. The number of carbonyl (C=O) groups is 1. The molecule has 2 N–H and O–H groups in total. The minimum absolute atomic E-state index is 0.120. The fraction of sp³-hybridized carbons (Fsp3) is 0.296. The van der Waals surface area contributed by atoms with E-state index < -0.39 is 11.0 Å². The Balaban J connectivity index is 1.43. The van der Waals surface area contributed by atoms with Gasteiger partial charge in [-0.2, -0.15) is 0 Å². The summed E-state index contributed by atoms with van der Waals surface area (Å²) in [6, 6.07) is 19.8. The van der Waals surface area contributed by atoms with Crippen molar-refractivity contribution in [1.29, 1.82) is 0 Å². The number of aryl methyl sites for hydroxylation is 2. The minimum atomic E-state index is -1.37. The Morgan fingerprint density at radius 2 is 1.74 bits per heavy atom. The zero-order chi connectivity index (χ0) is 24.1. The van der Waals surface area contributed by atoms with Crippen LogP contribution in [0.15, 0.2) is 60.7 Å². The number of benzene rings is 3. The van der Waals surface area contributed by atoms with E-state index in [1.807, 2.05) is 48.5 Å². The lowest BCUT2D eigenvalue weighted by molar-refractivity contribution is -0.118. The van der Waals surface area contributed by atoms with Crippen LogP contribution in [0.25, 0.3) is 11.1 Å². The average molecular weight is 480 g/mol. The molecule has 6 nitrogen and oxygen atoms in total. The van der Waals surface area contributed by atoms with Gasteiger partial charge in [-0.25, -0.2) is 4.21 Å². The highest BCUT2D eigenvalue weighted by atomic mass is 32.2. The summed E-state index contributed by atoms with van der Waals surface area (Å²) < 4.78 is 26.2. The third-order valence-corrected chi connectivity index (χ3v) is 7.18. The molecule has 0 aromatic heterocycles. The Bertz CT molecular complexity index is 1170. The van der Waals surface area contributed by atoms with Crippen molar-refractivity contribution in [2.45, 2.75) is 38.5 Å². The summed E-state index contributed by atoms with van der Waals surface area (Å²) in [5.74, 6) is 1.35. The predicted octanol–water partition coefficient (Wildman–Crippen LogP) is 4.54. The first-order valence-electron chi connectivity index (χ1n) is 11.3. The monoisotopic (exact) mass is 479 g/mol. The summed E-state index contributed by atoms with van der Waals surface area (Å²) in [4.78, 5) is 11.5. The first kappa shape index (κ1) is 24.0. The van der Waals surface area contributed by atoms with Crippen LogP contribution in [-0.2, 0) is 22.4 Å². The summed E-state index contributed by atoms with van der Waals surface area (Å²) in [6.45, 7) is 5.19. The number of hydrogen-bond acceptors (Lipinski definition) is 5. The van der Waals surface area contributed by atoms with Crippen LogP contribution in [0.3, 0.4) is 0 Å². The van der Waals surface area contributed by atoms with E-state index in [-0.39, 0.29) is 24.2 Å². The molecule has 1 heterocycles. The summed E-state index contributed by atoms with van der Waals surface area (Å²) in [5.41, 5.74) is 6.47. The van der Waals surface area contributed by atoms with Gasteiger partial charge in [0.1, 0.15) is 29.1 Å². The van der Waals surface area contributed by atoms with Gasteiger partial charge in [0, 0.05) is 19.4 Å². The maximum absolute atomic E-state index is 12.0. The molecule has 0 radical (unpaired) electrons. The number of carbonyl (C=O) groups excluding carboxylic acids is 1. The highest BCUT2D eigenvalue weighted by molar-refractivity contribution is 7.84. The number of aliphatic hydroxyl groups is 1. The van der Waals surface area contributed by atoms with Crippen molar-refractivity contribution in [3.8, 4) is 22.6 Å². The summed E-state index contributed by atoms with van der Waals surface area (Å²) >= 11 is 0. The van der Waals surface area contributed by atoms with Gasteiger partial charge in [0.15, 0.2) is 0 Å². The normalized spacial score (nSPS) is 17.4. The van der Waals surface area contributed by atoms with E-state index in [1.165, 1.54) is 5.56 Å². The average Bonchev–Trinajstić information content (AvgIpc) is 3.16. The standard InChI is InChI=1S/C27H29NO5S/c1-18-13-24(32-12-4-11-29)14-19(2)27(18)22-6-3-5-20(15-22)17-33-23-9-7-21(8-10-23)25-16-26(30)28-34(25)31/h3,5-10,13-15,25,29H,4,11-12,16-17H2,1-2H3,(H,28,30). The van der Waals surface area contributed by atoms with Crippen molar-refractivity contribution in [2.75, 3.05) is 13.2 Å². The molecule has 7 heteroatoms. The van der Waals surface area contributed by atoms with Crippen LogP contribution in [0.5, 0.6) is 11.5 Å². The molecule has 0 spiro atoms. The zero-order valence-corrected chi connectivity index (χ0v) is 20.2. The molecule has 1 aliphatic heterocycles. The Labute approximate surface area is 202 Å². The number of aliphatic hydroxyl groups excluding tert-OH is 1. The molecule has 4 rings (SSSR count). The number of nitrogens with one attached hydrogen (secondary N) is 1. The predicted molar refractivity (Wildman–Crippen MR) is 133 cm³/mol. The highest BCUT2D eigenvalue weighted by Crippen LogP contribution is 2.32. The van der Waals surface area contributed by atoms with E-state index in [0.717, 1.165) is 33.6 Å². The second kappa shape index (κ2) is 10.8. The third-order valence-electron chi connectivity index (χ3n) is 5.79. The van der Waals surface area contributed by atoms with Crippen molar-refractivity contribution in [3.05, 3.63) is 82.9 Å². The molecule has 1 aliphatic rings. The molecule has 3 aromatic carbocycles. The summed E-state index contributed by atoms with van der Waals surface area (Å²) in [6.07, 6.45) is 0.857. The maximum Gasteiger partial charge on any atom is 0.233 e. The van der Waals surface area contributed by atoms with E-state index >= 15 is 0 Å². The molecule has 1 saturated heterocycles. The molecule has 0 saturated carbocycles. The smallest absolute Gasteiger partial charge is 0.233 e. The van der Waals surface area contributed by atoms with Crippen LogP contribution in [0.4, 0.5) is 0 Å². The van der Waals surface area contributed by atoms with Crippen LogP contribution in [0.2, 0.25) is 0 Å². The van der Waals surface area contributed by atoms with Gasteiger partial charge in [0.2, 0.25) is 5.91 Å². The molecule has 2 atom stereocenters. The number of ether oxygens (including phenoxy) is 2. The van der Waals surface area contributed by atoms with Crippen LogP contribution < -0.4 is 14.2 Å². The van der Waals surface area contributed by atoms with E-state index in [0.29, 0.717) is 25.4 Å². The van der Waals surface area contributed by atoms with Crippen molar-refractivity contribution in [1.82, 2.24) is 4.72 Å². The Morgan fingerprint density at radius 1 is 1.00 bits per heavy atom. The molecule has 0 bridgehead atoms. The van der Waals surface area contributed by atoms with Gasteiger partial charge in [-0.1, -0.05) is 30.3 Å². The van der Waals surface area contributed by atoms with Gasteiger partial charge in [-0.15, -0.1) is 0 Å². The van der Waals surface area contributed by atoms with Gasteiger partial charge >= 0.3 is 0 Å². The van der Waals surface area contributed by atoms with Crippen LogP contribution in [0.1, 0.15) is 40.3 Å². The molecule has 2 unspecified atom stereocenters. The van der Waals surface area contributed by atoms with Gasteiger partial charge in [-0.05, 0) is 77.6 Å². The van der Waals surface area contributed by atoms with Gasteiger partial charge in [0.25, 0.3) is 0 Å². The lowest BCUT2D eigenvalue weighted by Crippen LogP contribution is -2.15. The molecule has 1 fully saturated rings. The minimum Gasteiger partial charge on any atom is -0.493 e. The van der Waals surface area contributed by atoms with E-state index in [9.17, 15) is 9.00 Å². The van der Waals surface area contributed by atoms with Crippen molar-refractivity contribution >= 4 is 16.9 Å². The fourth-order valence-electron chi connectivity index (χ4n) is 4.19. The number of rotatable bonds is 9. The molecule has 178 valence electrons. The first-order valence-corrected chi connectivity index (χ1v) is 12.5. The maximum atomic E-state index is 12.0. The SMILES string of the molecule is Cc1cc(OCCCO)cc(C)c1-c1cccc(COc2ccc(C3CC(=O)NS3=O)cc2)c1. The second-order valence-electron chi connectivity index (χ2n) is 8.43. The number of hydrogen-bond donors (Lipinski definition) is 2. The van der Waals surface area contributed by atoms with Crippen molar-refractivity contribution in [3.63, 3.8) is 0 Å². The Hall–Kier alpha value is -3.16. The lowest BCUT2D eigenvalue weighted by atomic mass is 9.94. The number of amides is 1. The van der Waals surface area contributed by atoms with Crippen LogP contribution in [0, 0.1) is 13.8 Å². The Kier molecular flexibility index (Phi) is 7.65. The van der Waals surface area contributed by atoms with E-state index in [4.69, 9.17) is 14.6 Å². The zero-order valence-electron chi connectivity index (χ0n) is 19.4. The van der Waals surface area contributed by atoms with E-state index in [2.05, 4.69) is 30.7 Å². The Morgan fingerprint density at radius 3 is 2.38 bits per heavy atom.